The fraction of sp³-hybridized carbons (Fsp3) is 0.360. The number of benzene rings is 2. The number of anilines is 1. The lowest BCUT2D eigenvalue weighted by atomic mass is 10.0. The summed E-state index contributed by atoms with van der Waals surface area (Å²) >= 11 is 0. The number of aliphatic hydroxyl groups excluding tert-OH is 1. The predicted molar refractivity (Wildman–Crippen MR) is 125 cm³/mol. The lowest BCUT2D eigenvalue weighted by Crippen LogP contribution is -2.23. The van der Waals surface area contributed by atoms with Crippen molar-refractivity contribution >= 4 is 11.7 Å². The monoisotopic (exact) mass is 447 g/mol. The van der Waals surface area contributed by atoms with Crippen molar-refractivity contribution in [3.05, 3.63) is 65.2 Å². The van der Waals surface area contributed by atoms with Gasteiger partial charge >= 0.3 is 0 Å². The van der Waals surface area contributed by atoms with E-state index in [-0.39, 0.29) is 11.9 Å². The van der Waals surface area contributed by atoms with Crippen LogP contribution in [0.5, 0.6) is 5.75 Å². The van der Waals surface area contributed by atoms with Crippen molar-refractivity contribution in [3.8, 4) is 17.0 Å². The Balaban J connectivity index is 1.32. The van der Waals surface area contributed by atoms with E-state index in [0.29, 0.717) is 34.9 Å². The number of nitrogens with one attached hydrogen (secondary N) is 1. The number of rotatable bonds is 7. The zero-order valence-corrected chi connectivity index (χ0v) is 18.6. The summed E-state index contributed by atoms with van der Waals surface area (Å²) in [5.41, 5.74) is 15.5. The van der Waals surface area contributed by atoms with Gasteiger partial charge in [-0.2, -0.15) is 5.10 Å². The first-order valence-electron chi connectivity index (χ1n) is 11.3. The summed E-state index contributed by atoms with van der Waals surface area (Å²) in [4.78, 5) is 12.5. The van der Waals surface area contributed by atoms with Crippen LogP contribution in [0.3, 0.4) is 0 Å². The molecule has 2 aliphatic rings. The Hall–Kier alpha value is -3.36. The molecule has 1 aromatic heterocycles. The van der Waals surface area contributed by atoms with Crippen molar-refractivity contribution in [2.75, 3.05) is 12.8 Å². The fourth-order valence-electron chi connectivity index (χ4n) is 5.02. The highest BCUT2D eigenvalue weighted by Gasteiger charge is 2.47. The van der Waals surface area contributed by atoms with Crippen LogP contribution in [0.25, 0.3) is 11.3 Å². The Morgan fingerprint density at radius 2 is 1.88 bits per heavy atom. The molecule has 2 fully saturated rings. The van der Waals surface area contributed by atoms with Crippen LogP contribution in [-0.4, -0.2) is 27.9 Å². The molecule has 33 heavy (non-hydrogen) atoms. The molecule has 3 unspecified atom stereocenters. The molecule has 0 bridgehead atoms. The molecule has 1 heterocycles. The molecule has 1 amide bonds. The Morgan fingerprint density at radius 1 is 1.18 bits per heavy atom. The molecule has 0 saturated heterocycles. The van der Waals surface area contributed by atoms with Crippen LogP contribution in [0, 0.1) is 11.8 Å². The molecule has 2 aromatic carbocycles. The molecule has 2 aliphatic carbocycles. The highest BCUT2D eigenvalue weighted by Crippen LogP contribution is 2.56. The van der Waals surface area contributed by atoms with Crippen LogP contribution in [0.4, 0.5) is 5.82 Å². The first-order valence-corrected chi connectivity index (χ1v) is 11.3. The third-order valence-corrected chi connectivity index (χ3v) is 6.88. The molecule has 6 N–H and O–H groups in total. The number of para-hydroxylation sites is 1. The Bertz CT molecular complexity index is 1160. The second-order valence-corrected chi connectivity index (χ2v) is 9.00. The maximum Gasteiger partial charge on any atom is 0.255 e. The van der Waals surface area contributed by atoms with Gasteiger partial charge in [0.25, 0.3) is 5.91 Å². The van der Waals surface area contributed by atoms with Crippen molar-refractivity contribution in [1.29, 1.82) is 0 Å². The summed E-state index contributed by atoms with van der Waals surface area (Å²) in [6.07, 6.45) is 2.28. The molecule has 0 radical (unpaired) electrons. The number of aliphatic hydroxyl groups is 1. The lowest BCUT2D eigenvalue weighted by molar-refractivity contribution is 0.0948. The number of carbonyl (C=O) groups excluding carboxylic acids is 1. The number of nitrogens with zero attached hydrogens (tertiary/aromatic N) is 2. The van der Waals surface area contributed by atoms with E-state index in [1.54, 1.807) is 25.3 Å². The van der Waals surface area contributed by atoms with Crippen molar-refractivity contribution in [3.63, 3.8) is 0 Å². The van der Waals surface area contributed by atoms with E-state index < -0.39 is 6.23 Å². The molecule has 0 aliphatic heterocycles. The van der Waals surface area contributed by atoms with E-state index >= 15 is 0 Å². The molecule has 2 saturated carbocycles. The van der Waals surface area contributed by atoms with Gasteiger partial charge in [-0.3, -0.25) is 4.79 Å². The van der Waals surface area contributed by atoms with Crippen LogP contribution >= 0.6 is 0 Å². The van der Waals surface area contributed by atoms with Crippen molar-refractivity contribution < 1.29 is 14.6 Å². The second kappa shape index (κ2) is 8.53. The van der Waals surface area contributed by atoms with E-state index in [2.05, 4.69) is 5.32 Å². The smallest absolute Gasteiger partial charge is 0.255 e. The number of hydrogen-bond donors (Lipinski definition) is 4. The normalized spacial score (nSPS) is 22.0. The first-order chi connectivity index (χ1) is 16.0. The van der Waals surface area contributed by atoms with Gasteiger partial charge in [-0.25, -0.2) is 4.68 Å². The third-order valence-electron chi connectivity index (χ3n) is 6.88. The highest BCUT2D eigenvalue weighted by molar-refractivity contribution is 5.96. The van der Waals surface area contributed by atoms with Crippen LogP contribution in [0.15, 0.2) is 48.5 Å². The van der Waals surface area contributed by atoms with Crippen LogP contribution in [0.2, 0.25) is 0 Å². The Kier molecular flexibility index (Phi) is 5.55. The van der Waals surface area contributed by atoms with Gasteiger partial charge in [0.2, 0.25) is 0 Å². The standard InChI is InChI=1S/C25H29N5O3/c1-33-20-5-3-2-4-19(20)25(32)28-13-14-6-8-15(9-7-14)22-21(24(27)31)23(26)30(29-22)18-11-16-10-17(16)12-18/h2-9,16-18,24,31H,10-13,26-27H2,1H3,(H,28,32). The number of fused-ring (bicyclic) bond motifs is 1. The third kappa shape index (κ3) is 4.07. The van der Waals surface area contributed by atoms with Gasteiger partial charge in [-0.1, -0.05) is 36.4 Å². The van der Waals surface area contributed by atoms with E-state index in [4.69, 9.17) is 21.3 Å². The summed E-state index contributed by atoms with van der Waals surface area (Å²) in [5.74, 6) is 2.36. The maximum atomic E-state index is 12.5. The molecule has 8 heteroatoms. The Labute approximate surface area is 192 Å². The summed E-state index contributed by atoms with van der Waals surface area (Å²) in [5, 5.41) is 17.9. The van der Waals surface area contributed by atoms with E-state index in [9.17, 15) is 9.90 Å². The summed E-state index contributed by atoms with van der Waals surface area (Å²) < 4.78 is 7.12. The molecule has 3 atom stereocenters. The van der Waals surface area contributed by atoms with Crippen LogP contribution in [0.1, 0.15) is 53.0 Å². The van der Waals surface area contributed by atoms with Crippen LogP contribution < -0.4 is 21.5 Å². The van der Waals surface area contributed by atoms with Crippen molar-refractivity contribution in [1.82, 2.24) is 15.1 Å². The van der Waals surface area contributed by atoms with E-state index in [1.807, 2.05) is 35.0 Å². The highest BCUT2D eigenvalue weighted by atomic mass is 16.5. The topological polar surface area (TPSA) is 128 Å². The fourth-order valence-corrected chi connectivity index (χ4v) is 5.02. The zero-order valence-electron chi connectivity index (χ0n) is 18.6. The predicted octanol–water partition coefficient (Wildman–Crippen LogP) is 2.99. The molecule has 172 valence electrons. The van der Waals surface area contributed by atoms with Gasteiger partial charge in [-0.05, 0) is 48.8 Å². The number of ether oxygens (including phenoxy) is 1. The van der Waals surface area contributed by atoms with Gasteiger partial charge in [0, 0.05) is 12.1 Å². The van der Waals surface area contributed by atoms with Gasteiger partial charge in [0.15, 0.2) is 0 Å². The van der Waals surface area contributed by atoms with Gasteiger partial charge in [0.05, 0.1) is 24.3 Å². The van der Waals surface area contributed by atoms with E-state index in [1.165, 1.54) is 6.42 Å². The summed E-state index contributed by atoms with van der Waals surface area (Å²) in [7, 11) is 1.54. The molecule has 3 aromatic rings. The quantitative estimate of drug-likeness (QED) is 0.412. The minimum atomic E-state index is -1.20. The number of methoxy groups -OCH3 is 1. The average Bonchev–Trinajstić information content (AvgIpc) is 3.27. The molecule has 8 nitrogen and oxygen atoms in total. The number of aromatic nitrogens is 2. The number of nitrogens with two attached hydrogens (primary N) is 2. The zero-order chi connectivity index (χ0) is 23.1. The molecule has 0 spiro atoms. The van der Waals surface area contributed by atoms with Crippen molar-refractivity contribution in [2.24, 2.45) is 17.6 Å². The summed E-state index contributed by atoms with van der Waals surface area (Å²) in [6.45, 7) is 0.366. The first kappa shape index (κ1) is 21.5. The average molecular weight is 448 g/mol. The second-order valence-electron chi connectivity index (χ2n) is 9.00. The largest absolute Gasteiger partial charge is 0.496 e. The SMILES string of the molecule is COc1ccccc1C(=O)NCc1ccc(-c2nn(C3CC4CC4C3)c(N)c2C(N)O)cc1. The number of amides is 1. The molecule has 5 rings (SSSR count). The number of carbonyl (C=O) groups is 1. The minimum absolute atomic E-state index is 0.203. The molecular weight excluding hydrogens is 418 g/mol. The van der Waals surface area contributed by atoms with E-state index in [0.717, 1.165) is 35.8 Å². The maximum absolute atomic E-state index is 12.5. The Morgan fingerprint density at radius 3 is 2.55 bits per heavy atom. The van der Waals surface area contributed by atoms with Crippen LogP contribution in [-0.2, 0) is 6.54 Å². The van der Waals surface area contributed by atoms with Crippen molar-refractivity contribution in [2.45, 2.75) is 38.1 Å². The number of hydrogen-bond acceptors (Lipinski definition) is 6. The van der Waals surface area contributed by atoms with Gasteiger partial charge < -0.3 is 26.6 Å². The lowest BCUT2D eigenvalue weighted by Gasteiger charge is -2.14. The van der Waals surface area contributed by atoms with Gasteiger partial charge in [-0.15, -0.1) is 0 Å². The number of nitrogen functional groups attached to an aromatic ring is 1. The molecular formula is C25H29N5O3. The van der Waals surface area contributed by atoms with Gasteiger partial charge in [0.1, 0.15) is 23.5 Å². The minimum Gasteiger partial charge on any atom is -0.496 e. The summed E-state index contributed by atoms with van der Waals surface area (Å²) in [6, 6.07) is 15.0.